The molecular weight excluding hydrogens is 250 g/mol. The van der Waals surface area contributed by atoms with E-state index in [4.69, 9.17) is 9.47 Å². The first-order chi connectivity index (χ1) is 9.90. The second-order valence-electron chi connectivity index (χ2n) is 4.93. The molecule has 1 unspecified atom stereocenters. The number of para-hydroxylation sites is 1. The van der Waals surface area contributed by atoms with Crippen molar-refractivity contribution in [2.24, 2.45) is 0 Å². The zero-order valence-corrected chi connectivity index (χ0v) is 11.4. The Balaban J connectivity index is 1.59. The summed E-state index contributed by atoms with van der Waals surface area (Å²) < 4.78 is 11.4. The van der Waals surface area contributed by atoms with Gasteiger partial charge in [-0.05, 0) is 49.2 Å². The maximum absolute atomic E-state index is 5.81. The molecule has 0 radical (unpaired) electrons. The van der Waals surface area contributed by atoms with Crippen LogP contribution in [0.2, 0.25) is 0 Å². The fourth-order valence-electron chi connectivity index (χ4n) is 2.26. The fourth-order valence-corrected chi connectivity index (χ4v) is 2.26. The van der Waals surface area contributed by atoms with Crippen molar-refractivity contribution >= 4 is 11.4 Å². The Hall–Kier alpha value is -2.00. The predicted octanol–water partition coefficient (Wildman–Crippen LogP) is 4.34. The highest BCUT2D eigenvalue weighted by Gasteiger charge is 2.14. The van der Waals surface area contributed by atoms with Crippen molar-refractivity contribution < 1.29 is 9.47 Å². The minimum absolute atomic E-state index is 0.0864. The molecule has 2 aromatic carbocycles. The zero-order valence-electron chi connectivity index (χ0n) is 11.4. The van der Waals surface area contributed by atoms with E-state index >= 15 is 0 Å². The Bertz CT molecular complexity index is 518. The van der Waals surface area contributed by atoms with E-state index in [-0.39, 0.29) is 6.29 Å². The van der Waals surface area contributed by atoms with Gasteiger partial charge in [-0.1, -0.05) is 18.2 Å². The van der Waals surface area contributed by atoms with Gasteiger partial charge in [0, 0.05) is 17.8 Å². The second kappa shape index (κ2) is 6.44. The number of benzene rings is 2. The third-order valence-corrected chi connectivity index (χ3v) is 3.32. The van der Waals surface area contributed by atoms with Crippen LogP contribution in [-0.4, -0.2) is 12.9 Å². The summed E-state index contributed by atoms with van der Waals surface area (Å²) in [5.74, 6) is 0.857. The van der Waals surface area contributed by atoms with Crippen LogP contribution < -0.4 is 10.1 Å². The molecule has 20 heavy (non-hydrogen) atoms. The first-order valence-electron chi connectivity index (χ1n) is 7.10. The minimum Gasteiger partial charge on any atom is -0.465 e. The topological polar surface area (TPSA) is 30.5 Å². The van der Waals surface area contributed by atoms with E-state index in [9.17, 15) is 0 Å². The fraction of sp³-hybridized carbons (Fsp3) is 0.294. The molecule has 104 valence electrons. The number of anilines is 2. The van der Waals surface area contributed by atoms with Gasteiger partial charge in [0.1, 0.15) is 5.75 Å². The molecule has 0 aliphatic carbocycles. The first-order valence-corrected chi connectivity index (χ1v) is 7.10. The molecule has 0 bridgehead atoms. The van der Waals surface area contributed by atoms with Crippen LogP contribution in [0.4, 0.5) is 11.4 Å². The Labute approximate surface area is 119 Å². The van der Waals surface area contributed by atoms with Crippen LogP contribution in [0.1, 0.15) is 19.3 Å². The van der Waals surface area contributed by atoms with E-state index < -0.39 is 0 Å². The lowest BCUT2D eigenvalue weighted by Gasteiger charge is -2.23. The molecule has 0 spiro atoms. The maximum Gasteiger partial charge on any atom is 0.199 e. The van der Waals surface area contributed by atoms with Crippen LogP contribution in [0.25, 0.3) is 0 Å². The van der Waals surface area contributed by atoms with E-state index in [1.54, 1.807) is 0 Å². The van der Waals surface area contributed by atoms with Crippen molar-refractivity contribution in [3.05, 3.63) is 54.6 Å². The molecule has 1 N–H and O–H groups in total. The summed E-state index contributed by atoms with van der Waals surface area (Å²) in [5, 5.41) is 3.35. The molecule has 3 rings (SSSR count). The lowest BCUT2D eigenvalue weighted by Crippen LogP contribution is -2.24. The first kappa shape index (κ1) is 13.0. The van der Waals surface area contributed by atoms with Crippen molar-refractivity contribution in [2.45, 2.75) is 25.6 Å². The van der Waals surface area contributed by atoms with Crippen LogP contribution in [-0.2, 0) is 4.74 Å². The molecule has 2 aromatic rings. The van der Waals surface area contributed by atoms with Crippen molar-refractivity contribution in [1.82, 2.24) is 0 Å². The largest absolute Gasteiger partial charge is 0.465 e. The number of ether oxygens (including phenoxy) is 2. The molecule has 3 heteroatoms. The van der Waals surface area contributed by atoms with Crippen LogP contribution in [0.5, 0.6) is 5.75 Å². The molecule has 1 fully saturated rings. The van der Waals surface area contributed by atoms with Gasteiger partial charge in [-0.25, -0.2) is 0 Å². The van der Waals surface area contributed by atoms with Crippen LogP contribution >= 0.6 is 0 Å². The number of rotatable bonds is 4. The van der Waals surface area contributed by atoms with E-state index in [0.29, 0.717) is 0 Å². The van der Waals surface area contributed by atoms with E-state index in [1.807, 2.05) is 54.6 Å². The van der Waals surface area contributed by atoms with E-state index in [0.717, 1.165) is 36.6 Å². The van der Waals surface area contributed by atoms with Gasteiger partial charge in [0.2, 0.25) is 0 Å². The van der Waals surface area contributed by atoms with E-state index in [1.165, 1.54) is 6.42 Å². The number of hydrogen-bond donors (Lipinski definition) is 1. The number of nitrogens with one attached hydrogen (secondary N) is 1. The highest BCUT2D eigenvalue weighted by molar-refractivity contribution is 5.59. The van der Waals surface area contributed by atoms with Gasteiger partial charge >= 0.3 is 0 Å². The molecule has 1 aliphatic heterocycles. The average Bonchev–Trinajstić information content (AvgIpc) is 2.51. The third kappa shape index (κ3) is 3.52. The van der Waals surface area contributed by atoms with Crippen molar-refractivity contribution in [1.29, 1.82) is 0 Å². The highest BCUT2D eigenvalue weighted by Crippen LogP contribution is 2.22. The normalized spacial score (nSPS) is 18.5. The molecule has 1 heterocycles. The second-order valence-corrected chi connectivity index (χ2v) is 4.93. The van der Waals surface area contributed by atoms with Crippen LogP contribution in [0, 0.1) is 0 Å². The van der Waals surface area contributed by atoms with Gasteiger partial charge in [-0.2, -0.15) is 0 Å². The van der Waals surface area contributed by atoms with Gasteiger partial charge in [-0.15, -0.1) is 0 Å². The molecule has 0 aromatic heterocycles. The van der Waals surface area contributed by atoms with Gasteiger partial charge in [0.05, 0.1) is 6.61 Å². The maximum atomic E-state index is 5.81. The monoisotopic (exact) mass is 269 g/mol. The summed E-state index contributed by atoms with van der Waals surface area (Å²) in [6.45, 7) is 0.804. The van der Waals surface area contributed by atoms with Crippen molar-refractivity contribution in [3.8, 4) is 5.75 Å². The summed E-state index contributed by atoms with van der Waals surface area (Å²) >= 11 is 0. The predicted molar refractivity (Wildman–Crippen MR) is 80.4 cm³/mol. The van der Waals surface area contributed by atoms with Gasteiger partial charge in [0.15, 0.2) is 6.29 Å². The summed E-state index contributed by atoms with van der Waals surface area (Å²) in [6.07, 6.45) is 3.21. The Morgan fingerprint density at radius 2 is 1.65 bits per heavy atom. The highest BCUT2D eigenvalue weighted by atomic mass is 16.7. The van der Waals surface area contributed by atoms with Crippen molar-refractivity contribution in [3.63, 3.8) is 0 Å². The summed E-state index contributed by atoms with van der Waals surface area (Å²) in [6, 6.07) is 18.1. The third-order valence-electron chi connectivity index (χ3n) is 3.32. The van der Waals surface area contributed by atoms with Gasteiger partial charge < -0.3 is 14.8 Å². The Kier molecular flexibility index (Phi) is 4.19. The Morgan fingerprint density at radius 1 is 0.900 bits per heavy atom. The lowest BCUT2D eigenvalue weighted by atomic mass is 10.2. The summed E-state index contributed by atoms with van der Waals surface area (Å²) in [4.78, 5) is 0. The summed E-state index contributed by atoms with van der Waals surface area (Å²) in [5.41, 5.74) is 2.13. The van der Waals surface area contributed by atoms with Gasteiger partial charge in [-0.3, -0.25) is 0 Å². The number of hydrogen-bond acceptors (Lipinski definition) is 3. The standard InChI is InChI=1S/C17H19NO2/c1-2-6-14(7-3-1)18-15-9-11-16(12-10-15)20-17-8-4-5-13-19-17/h1-3,6-7,9-12,17-18H,4-5,8,13H2. The lowest BCUT2D eigenvalue weighted by molar-refractivity contribution is -0.105. The average molecular weight is 269 g/mol. The Morgan fingerprint density at radius 3 is 2.35 bits per heavy atom. The smallest absolute Gasteiger partial charge is 0.199 e. The van der Waals surface area contributed by atoms with Gasteiger partial charge in [0.25, 0.3) is 0 Å². The molecule has 0 saturated carbocycles. The van der Waals surface area contributed by atoms with Crippen LogP contribution in [0.15, 0.2) is 54.6 Å². The van der Waals surface area contributed by atoms with Crippen LogP contribution in [0.3, 0.4) is 0 Å². The summed E-state index contributed by atoms with van der Waals surface area (Å²) in [7, 11) is 0. The quantitative estimate of drug-likeness (QED) is 0.895. The minimum atomic E-state index is -0.0864. The van der Waals surface area contributed by atoms with E-state index in [2.05, 4.69) is 5.32 Å². The molecule has 0 amide bonds. The zero-order chi connectivity index (χ0) is 13.6. The molecule has 1 saturated heterocycles. The molecular formula is C17H19NO2. The molecule has 1 atom stereocenters. The molecule has 1 aliphatic rings. The SMILES string of the molecule is c1ccc(Nc2ccc(OC3CCCCO3)cc2)cc1. The molecule has 3 nitrogen and oxygen atoms in total. The van der Waals surface area contributed by atoms with Crippen molar-refractivity contribution in [2.75, 3.05) is 11.9 Å².